The van der Waals surface area contributed by atoms with Crippen molar-refractivity contribution < 1.29 is 9.59 Å². The number of aliphatic imine (C=N–C) groups is 1. The second-order valence-electron chi connectivity index (χ2n) is 1.98. The van der Waals surface area contributed by atoms with E-state index in [9.17, 15) is 9.59 Å². The van der Waals surface area contributed by atoms with Crippen LogP contribution >= 0.6 is 0 Å². The quantitative estimate of drug-likeness (QED) is 0.449. The van der Waals surface area contributed by atoms with E-state index in [-0.39, 0.29) is 18.1 Å². The maximum Gasteiger partial charge on any atom is 0.248 e. The largest absolute Gasteiger partial charge is 0.295 e. The van der Waals surface area contributed by atoms with Crippen molar-refractivity contribution in [2.24, 2.45) is 4.99 Å². The molecule has 0 aliphatic heterocycles. The molecule has 60 valence electrons. The molecule has 0 unspecified atom stereocenters. The monoisotopic (exact) mass is 153 g/mol. The van der Waals surface area contributed by atoms with Gasteiger partial charge < -0.3 is 0 Å². The molecule has 0 radical (unpaired) electrons. The first-order valence-electron chi connectivity index (χ1n) is 3.39. The minimum atomic E-state index is -0.315. The number of hydrogen-bond acceptors (Lipinski definition) is 2. The molecule has 0 N–H and O–H groups in total. The number of nitrogens with zero attached hydrogens (tertiary/aromatic N) is 1. The molecule has 0 bridgehead atoms. The molecule has 3 nitrogen and oxygen atoms in total. The smallest absolute Gasteiger partial charge is 0.248 e. The predicted molar refractivity (Wildman–Crippen MR) is 43.6 cm³/mol. The Hall–Kier alpha value is -1.25. The van der Waals surface area contributed by atoms with E-state index in [0.29, 0.717) is 6.42 Å². The van der Waals surface area contributed by atoms with Crippen molar-refractivity contribution in [1.82, 2.24) is 0 Å². The fraction of sp³-hybridized carbons (Fsp3) is 0.375. The van der Waals surface area contributed by atoms with Crippen LogP contribution in [0.15, 0.2) is 17.1 Å². The molecular formula is C8H11NO2. The summed E-state index contributed by atoms with van der Waals surface area (Å²) < 4.78 is 0. The highest BCUT2D eigenvalue weighted by Gasteiger charge is 1.92. The van der Waals surface area contributed by atoms with Gasteiger partial charge in [-0.05, 0) is 12.8 Å². The zero-order valence-corrected chi connectivity index (χ0v) is 6.54. The topological polar surface area (TPSA) is 46.5 Å². The summed E-state index contributed by atoms with van der Waals surface area (Å²) in [5, 5.41) is 0. The highest BCUT2D eigenvalue weighted by atomic mass is 16.1. The van der Waals surface area contributed by atoms with Crippen LogP contribution in [-0.2, 0) is 9.59 Å². The Morgan fingerprint density at radius 1 is 1.55 bits per heavy atom. The van der Waals surface area contributed by atoms with Gasteiger partial charge in [-0.3, -0.25) is 9.59 Å². The number of carbonyl (C=O) groups excluding carboxylic acids is 2. The van der Waals surface area contributed by atoms with E-state index in [1.807, 2.05) is 0 Å². The van der Waals surface area contributed by atoms with Crippen molar-refractivity contribution in [1.29, 1.82) is 0 Å². The van der Waals surface area contributed by atoms with Gasteiger partial charge in [-0.1, -0.05) is 13.0 Å². The van der Waals surface area contributed by atoms with Gasteiger partial charge in [-0.15, -0.1) is 0 Å². The molecule has 0 saturated heterocycles. The average Bonchev–Trinajstić information content (AvgIpc) is 2.04. The second kappa shape index (κ2) is 5.53. The van der Waals surface area contributed by atoms with E-state index in [2.05, 4.69) is 11.7 Å². The van der Waals surface area contributed by atoms with Crippen molar-refractivity contribution in [3.63, 3.8) is 0 Å². The molecule has 0 aliphatic carbocycles. The molecular weight excluding hydrogens is 142 g/mol. The van der Waals surface area contributed by atoms with Gasteiger partial charge in [-0.25, -0.2) is 4.99 Å². The molecule has 0 heterocycles. The summed E-state index contributed by atoms with van der Waals surface area (Å²) in [5.41, 5.74) is 0. The van der Waals surface area contributed by atoms with Gasteiger partial charge in [0.05, 0.1) is 0 Å². The zero-order chi connectivity index (χ0) is 8.69. The van der Waals surface area contributed by atoms with Crippen LogP contribution in [0.2, 0.25) is 0 Å². The third kappa shape index (κ3) is 5.21. The van der Waals surface area contributed by atoms with E-state index in [1.165, 1.54) is 12.2 Å². The maximum absolute atomic E-state index is 10.6. The lowest BCUT2D eigenvalue weighted by Crippen LogP contribution is -1.91. The fourth-order valence-corrected chi connectivity index (χ4v) is 0.474. The Bertz CT molecular complexity index is 194. The zero-order valence-electron chi connectivity index (χ0n) is 6.54. The lowest BCUT2D eigenvalue weighted by atomic mass is 10.2. The Kier molecular flexibility index (Phi) is 4.90. The third-order valence-electron chi connectivity index (χ3n) is 1.12. The van der Waals surface area contributed by atoms with Crippen LogP contribution in [0.3, 0.4) is 0 Å². The summed E-state index contributed by atoms with van der Waals surface area (Å²) in [6, 6.07) is 0. The van der Waals surface area contributed by atoms with E-state index in [0.717, 1.165) is 0 Å². The molecule has 0 rings (SSSR count). The van der Waals surface area contributed by atoms with Crippen molar-refractivity contribution in [3.05, 3.63) is 12.2 Å². The number of rotatable bonds is 4. The van der Waals surface area contributed by atoms with E-state index >= 15 is 0 Å². The van der Waals surface area contributed by atoms with Crippen LogP contribution in [0.1, 0.15) is 19.8 Å². The summed E-state index contributed by atoms with van der Waals surface area (Å²) in [4.78, 5) is 24.3. The van der Waals surface area contributed by atoms with Crippen LogP contribution in [0, 0.1) is 0 Å². The molecule has 0 saturated carbocycles. The first kappa shape index (κ1) is 9.75. The van der Waals surface area contributed by atoms with Gasteiger partial charge >= 0.3 is 0 Å². The first-order valence-corrected chi connectivity index (χ1v) is 3.39. The molecule has 0 aromatic rings. The van der Waals surface area contributed by atoms with Crippen LogP contribution in [0.25, 0.3) is 0 Å². The molecule has 0 fully saturated rings. The maximum atomic E-state index is 10.6. The van der Waals surface area contributed by atoms with Crippen molar-refractivity contribution in [2.75, 3.05) is 0 Å². The minimum Gasteiger partial charge on any atom is -0.295 e. The lowest BCUT2D eigenvalue weighted by molar-refractivity contribution is -0.116. The normalized spacial score (nSPS) is 9.91. The SMILES string of the molecule is C=NC(=O)C/C=C/C(=O)CC. The highest BCUT2D eigenvalue weighted by molar-refractivity contribution is 5.90. The summed E-state index contributed by atoms with van der Waals surface area (Å²) in [6.45, 7) is 4.82. The van der Waals surface area contributed by atoms with Crippen LogP contribution in [0.5, 0.6) is 0 Å². The van der Waals surface area contributed by atoms with Crippen molar-refractivity contribution in [2.45, 2.75) is 19.8 Å². The third-order valence-corrected chi connectivity index (χ3v) is 1.12. The number of ketones is 1. The molecule has 0 atom stereocenters. The van der Waals surface area contributed by atoms with Crippen LogP contribution < -0.4 is 0 Å². The van der Waals surface area contributed by atoms with Gasteiger partial charge in [0.15, 0.2) is 5.78 Å². The summed E-state index contributed by atoms with van der Waals surface area (Å²) in [6.07, 6.45) is 3.52. The summed E-state index contributed by atoms with van der Waals surface area (Å²) in [5.74, 6) is -0.299. The Balaban J connectivity index is 3.68. The predicted octanol–water partition coefficient (Wildman–Crippen LogP) is 1.14. The van der Waals surface area contributed by atoms with Crippen LogP contribution in [-0.4, -0.2) is 18.4 Å². The van der Waals surface area contributed by atoms with Gasteiger partial charge in [0.25, 0.3) is 0 Å². The molecule has 0 aromatic carbocycles. The van der Waals surface area contributed by atoms with Gasteiger partial charge in [0.1, 0.15) is 0 Å². The molecule has 0 aromatic heterocycles. The first-order chi connectivity index (χ1) is 5.20. The second-order valence-corrected chi connectivity index (χ2v) is 1.98. The average molecular weight is 153 g/mol. The summed E-state index contributed by atoms with van der Waals surface area (Å²) >= 11 is 0. The van der Waals surface area contributed by atoms with Crippen molar-refractivity contribution in [3.8, 4) is 0 Å². The van der Waals surface area contributed by atoms with Gasteiger partial charge in [0.2, 0.25) is 5.91 Å². The number of allylic oxidation sites excluding steroid dienone is 1. The Morgan fingerprint density at radius 3 is 2.64 bits per heavy atom. The summed E-state index contributed by atoms with van der Waals surface area (Å²) in [7, 11) is 0. The van der Waals surface area contributed by atoms with Gasteiger partial charge in [-0.2, -0.15) is 0 Å². The molecule has 0 spiro atoms. The lowest BCUT2D eigenvalue weighted by Gasteiger charge is -1.85. The van der Waals surface area contributed by atoms with Gasteiger partial charge in [0, 0.05) is 12.8 Å². The number of hydrogen-bond donors (Lipinski definition) is 0. The molecule has 11 heavy (non-hydrogen) atoms. The molecule has 0 aliphatic rings. The van der Waals surface area contributed by atoms with Crippen molar-refractivity contribution >= 4 is 18.4 Å². The van der Waals surface area contributed by atoms with E-state index in [1.54, 1.807) is 6.92 Å². The number of amides is 1. The van der Waals surface area contributed by atoms with Crippen LogP contribution in [0.4, 0.5) is 0 Å². The van der Waals surface area contributed by atoms with E-state index in [4.69, 9.17) is 0 Å². The Labute approximate surface area is 65.8 Å². The van der Waals surface area contributed by atoms with E-state index < -0.39 is 0 Å². The number of carbonyl (C=O) groups is 2. The highest BCUT2D eigenvalue weighted by Crippen LogP contribution is 1.89. The minimum absolute atomic E-state index is 0.0156. The standard InChI is InChI=1S/C8H11NO2/c1-3-7(10)5-4-6-8(11)9-2/h4-5H,2-3,6H2,1H3/b5-4+. The fourth-order valence-electron chi connectivity index (χ4n) is 0.474. The molecule has 1 amide bonds. The molecule has 3 heteroatoms. The Morgan fingerprint density at radius 2 is 2.18 bits per heavy atom.